The summed E-state index contributed by atoms with van der Waals surface area (Å²) in [4.78, 5) is 0. The maximum atomic E-state index is 2.39. The van der Waals surface area contributed by atoms with Gasteiger partial charge in [0.25, 0.3) is 0 Å². The van der Waals surface area contributed by atoms with Gasteiger partial charge in [-0.3, -0.25) is 0 Å². The predicted molar refractivity (Wildman–Crippen MR) is 66.8 cm³/mol. The molecular formula is C15H18. The van der Waals surface area contributed by atoms with Gasteiger partial charge in [-0.25, -0.2) is 0 Å². The van der Waals surface area contributed by atoms with Crippen LogP contribution in [0.25, 0.3) is 5.57 Å². The molecule has 0 amide bonds. The van der Waals surface area contributed by atoms with Crippen molar-refractivity contribution in [1.29, 1.82) is 0 Å². The molecule has 0 aliphatic heterocycles. The third-order valence-electron chi connectivity index (χ3n) is 2.98. The molecule has 0 heterocycles. The topological polar surface area (TPSA) is 0 Å². The molecule has 1 aromatic carbocycles. The summed E-state index contributed by atoms with van der Waals surface area (Å²) in [5.74, 6) is 0. The summed E-state index contributed by atoms with van der Waals surface area (Å²) in [6.45, 7) is 2.09. The molecule has 0 aromatic heterocycles. The molecule has 0 radical (unpaired) electrons. The zero-order valence-electron chi connectivity index (χ0n) is 9.37. The SMILES string of the molecule is CC=CCCCC1=CCc2ccccc21. The van der Waals surface area contributed by atoms with Crippen LogP contribution in [-0.2, 0) is 6.42 Å². The number of benzene rings is 1. The summed E-state index contributed by atoms with van der Waals surface area (Å²) in [7, 11) is 0. The second kappa shape index (κ2) is 4.97. The first-order valence-corrected chi connectivity index (χ1v) is 5.80. The van der Waals surface area contributed by atoms with Gasteiger partial charge in [-0.15, -0.1) is 0 Å². The molecule has 0 saturated carbocycles. The Hall–Kier alpha value is -1.30. The van der Waals surface area contributed by atoms with E-state index in [4.69, 9.17) is 0 Å². The van der Waals surface area contributed by atoms with Crippen molar-refractivity contribution in [2.45, 2.75) is 32.6 Å². The Morgan fingerprint density at radius 1 is 1.27 bits per heavy atom. The molecule has 1 aliphatic carbocycles. The van der Waals surface area contributed by atoms with Crippen LogP contribution in [0.1, 0.15) is 37.3 Å². The van der Waals surface area contributed by atoms with Gasteiger partial charge < -0.3 is 0 Å². The lowest BCUT2D eigenvalue weighted by atomic mass is 10.0. The first kappa shape index (κ1) is 10.2. The number of rotatable bonds is 4. The van der Waals surface area contributed by atoms with Crippen molar-refractivity contribution in [3.8, 4) is 0 Å². The number of unbranched alkanes of at least 4 members (excludes halogenated alkanes) is 1. The lowest BCUT2D eigenvalue weighted by Crippen LogP contribution is -1.84. The molecule has 1 aromatic rings. The van der Waals surface area contributed by atoms with Gasteiger partial charge in [0.15, 0.2) is 0 Å². The summed E-state index contributed by atoms with van der Waals surface area (Å²) >= 11 is 0. The zero-order valence-corrected chi connectivity index (χ0v) is 9.37. The largest absolute Gasteiger partial charge is 0.0917 e. The maximum absolute atomic E-state index is 2.39. The van der Waals surface area contributed by atoms with E-state index in [0.29, 0.717) is 0 Å². The van der Waals surface area contributed by atoms with E-state index in [0.717, 1.165) is 6.42 Å². The van der Waals surface area contributed by atoms with E-state index in [1.54, 1.807) is 5.57 Å². The monoisotopic (exact) mass is 198 g/mol. The maximum Gasteiger partial charge on any atom is -0.00854 e. The molecule has 0 unspecified atom stereocenters. The van der Waals surface area contributed by atoms with Crippen molar-refractivity contribution in [2.75, 3.05) is 0 Å². The lowest BCUT2D eigenvalue weighted by Gasteiger charge is -2.04. The highest BCUT2D eigenvalue weighted by atomic mass is 14.2. The van der Waals surface area contributed by atoms with Gasteiger partial charge in [0.2, 0.25) is 0 Å². The number of allylic oxidation sites excluding steroid dienone is 4. The third-order valence-corrected chi connectivity index (χ3v) is 2.98. The first-order valence-electron chi connectivity index (χ1n) is 5.80. The molecule has 0 saturated heterocycles. The average Bonchev–Trinajstić information content (AvgIpc) is 2.68. The van der Waals surface area contributed by atoms with Gasteiger partial charge in [0, 0.05) is 0 Å². The van der Waals surface area contributed by atoms with Gasteiger partial charge >= 0.3 is 0 Å². The van der Waals surface area contributed by atoms with Crippen LogP contribution in [0.15, 0.2) is 42.5 Å². The van der Waals surface area contributed by atoms with E-state index < -0.39 is 0 Å². The Balaban J connectivity index is 1.95. The molecule has 0 N–H and O–H groups in total. The molecule has 0 fully saturated rings. The highest BCUT2D eigenvalue weighted by Crippen LogP contribution is 2.30. The van der Waals surface area contributed by atoms with Crippen molar-refractivity contribution in [3.05, 3.63) is 53.6 Å². The van der Waals surface area contributed by atoms with Crippen molar-refractivity contribution < 1.29 is 0 Å². The molecule has 1 aliphatic rings. The van der Waals surface area contributed by atoms with Gasteiger partial charge in [0.05, 0.1) is 0 Å². The molecule has 0 atom stereocenters. The van der Waals surface area contributed by atoms with Crippen LogP contribution in [-0.4, -0.2) is 0 Å². The quantitative estimate of drug-likeness (QED) is 0.497. The third kappa shape index (κ3) is 2.38. The van der Waals surface area contributed by atoms with Crippen LogP contribution in [0.4, 0.5) is 0 Å². The highest BCUT2D eigenvalue weighted by Gasteiger charge is 2.11. The Labute approximate surface area is 92.3 Å². The highest BCUT2D eigenvalue weighted by molar-refractivity contribution is 5.72. The van der Waals surface area contributed by atoms with E-state index in [-0.39, 0.29) is 0 Å². The normalized spacial score (nSPS) is 14.3. The van der Waals surface area contributed by atoms with E-state index in [9.17, 15) is 0 Å². The van der Waals surface area contributed by atoms with Gasteiger partial charge in [0.1, 0.15) is 0 Å². The fourth-order valence-electron chi connectivity index (χ4n) is 2.17. The predicted octanol–water partition coefficient (Wildman–Crippen LogP) is 4.37. The summed E-state index contributed by atoms with van der Waals surface area (Å²) < 4.78 is 0. The van der Waals surface area contributed by atoms with Crippen LogP contribution in [0.5, 0.6) is 0 Å². The second-order valence-corrected chi connectivity index (χ2v) is 4.05. The standard InChI is InChI=1S/C15H18/c1-2-3-4-5-8-13-11-12-14-9-6-7-10-15(13)14/h2-3,6-7,9-11H,4-5,8,12H2,1H3. The minimum absolute atomic E-state index is 1.13. The van der Waals surface area contributed by atoms with Crippen LogP contribution in [0.3, 0.4) is 0 Å². The number of hydrogen-bond donors (Lipinski definition) is 0. The molecule has 0 spiro atoms. The van der Waals surface area contributed by atoms with Crippen LogP contribution < -0.4 is 0 Å². The molecule has 2 rings (SSSR count). The van der Waals surface area contributed by atoms with Crippen molar-refractivity contribution in [2.24, 2.45) is 0 Å². The number of fused-ring (bicyclic) bond motifs is 1. The second-order valence-electron chi connectivity index (χ2n) is 4.05. The zero-order chi connectivity index (χ0) is 10.5. The van der Waals surface area contributed by atoms with Crippen LogP contribution in [0, 0.1) is 0 Å². The summed E-state index contributed by atoms with van der Waals surface area (Å²) in [6.07, 6.45) is 11.6. The Morgan fingerprint density at radius 2 is 2.13 bits per heavy atom. The summed E-state index contributed by atoms with van der Waals surface area (Å²) in [5.41, 5.74) is 4.53. The minimum Gasteiger partial charge on any atom is -0.0917 e. The van der Waals surface area contributed by atoms with Crippen LogP contribution >= 0.6 is 0 Å². The van der Waals surface area contributed by atoms with Gasteiger partial charge in [-0.2, -0.15) is 0 Å². The molecular weight excluding hydrogens is 180 g/mol. The molecule has 0 heteroatoms. The van der Waals surface area contributed by atoms with Gasteiger partial charge in [-0.1, -0.05) is 42.5 Å². The van der Waals surface area contributed by atoms with E-state index in [1.807, 2.05) is 0 Å². The fourth-order valence-corrected chi connectivity index (χ4v) is 2.17. The van der Waals surface area contributed by atoms with E-state index in [1.165, 1.54) is 30.4 Å². The van der Waals surface area contributed by atoms with Crippen molar-refractivity contribution >= 4 is 5.57 Å². The summed E-state index contributed by atoms with van der Waals surface area (Å²) in [5, 5.41) is 0. The molecule has 15 heavy (non-hydrogen) atoms. The average molecular weight is 198 g/mol. The van der Waals surface area contributed by atoms with E-state index >= 15 is 0 Å². The molecule has 78 valence electrons. The first-order chi connectivity index (χ1) is 7.42. The van der Waals surface area contributed by atoms with Crippen molar-refractivity contribution in [1.82, 2.24) is 0 Å². The van der Waals surface area contributed by atoms with Crippen LogP contribution in [0.2, 0.25) is 0 Å². The Bertz CT molecular complexity index is 383. The van der Waals surface area contributed by atoms with Gasteiger partial charge in [-0.05, 0) is 49.3 Å². The molecule has 0 bridgehead atoms. The smallest absolute Gasteiger partial charge is 0.00854 e. The lowest BCUT2D eigenvalue weighted by molar-refractivity contribution is 0.879. The minimum atomic E-state index is 1.13. The summed E-state index contributed by atoms with van der Waals surface area (Å²) in [6, 6.07) is 8.77. The number of hydrogen-bond acceptors (Lipinski definition) is 0. The Kier molecular flexibility index (Phi) is 3.39. The van der Waals surface area contributed by atoms with E-state index in [2.05, 4.69) is 49.4 Å². The Morgan fingerprint density at radius 3 is 3.00 bits per heavy atom. The van der Waals surface area contributed by atoms with Crippen molar-refractivity contribution in [3.63, 3.8) is 0 Å². The fraction of sp³-hybridized carbons (Fsp3) is 0.333. The molecule has 0 nitrogen and oxygen atoms in total.